The van der Waals surface area contributed by atoms with Gasteiger partial charge in [0, 0.05) is 4.88 Å². The van der Waals surface area contributed by atoms with Gasteiger partial charge in [0.2, 0.25) is 0 Å². The number of thiophene rings is 1. The SMILES string of the molecule is C/C(=N/Nc1ccc(C(=O)[O-])cc1)c1ccc(C)s1. The van der Waals surface area contributed by atoms with Crippen molar-refractivity contribution in [3.63, 3.8) is 0 Å². The Morgan fingerprint density at radius 3 is 2.42 bits per heavy atom. The van der Waals surface area contributed by atoms with Gasteiger partial charge in [-0.3, -0.25) is 5.43 Å². The third-order valence-electron chi connectivity index (χ3n) is 2.57. The highest BCUT2D eigenvalue weighted by atomic mass is 32.1. The molecule has 0 radical (unpaired) electrons. The molecule has 0 aliphatic heterocycles. The zero-order chi connectivity index (χ0) is 13.8. The second kappa shape index (κ2) is 5.67. The number of carbonyl (C=O) groups excluding carboxylic acids is 1. The first-order valence-corrected chi connectivity index (χ1v) is 6.56. The minimum atomic E-state index is -1.18. The maximum atomic E-state index is 10.6. The largest absolute Gasteiger partial charge is 0.545 e. The smallest absolute Gasteiger partial charge is 0.0748 e. The van der Waals surface area contributed by atoms with Gasteiger partial charge >= 0.3 is 0 Å². The second-order valence-electron chi connectivity index (χ2n) is 4.08. The molecule has 2 aromatic rings. The van der Waals surface area contributed by atoms with Crippen LogP contribution in [0.5, 0.6) is 0 Å². The normalized spacial score (nSPS) is 11.4. The van der Waals surface area contributed by atoms with Crippen LogP contribution in [0, 0.1) is 6.92 Å². The molecule has 1 aromatic heterocycles. The van der Waals surface area contributed by atoms with Crippen LogP contribution in [0.15, 0.2) is 41.5 Å². The summed E-state index contributed by atoms with van der Waals surface area (Å²) in [6.07, 6.45) is 0. The Morgan fingerprint density at radius 2 is 1.89 bits per heavy atom. The molecule has 0 aliphatic rings. The lowest BCUT2D eigenvalue weighted by molar-refractivity contribution is -0.255. The Kier molecular flexibility index (Phi) is 3.97. The van der Waals surface area contributed by atoms with Crippen molar-refractivity contribution in [3.05, 3.63) is 51.7 Å². The summed E-state index contributed by atoms with van der Waals surface area (Å²) in [4.78, 5) is 13.0. The summed E-state index contributed by atoms with van der Waals surface area (Å²) in [6, 6.07) is 10.4. The highest BCUT2D eigenvalue weighted by Gasteiger charge is 2.00. The molecule has 0 unspecified atom stereocenters. The maximum absolute atomic E-state index is 10.6. The molecule has 1 heterocycles. The molecule has 4 nitrogen and oxygen atoms in total. The minimum absolute atomic E-state index is 0.153. The summed E-state index contributed by atoms with van der Waals surface area (Å²) in [5.74, 6) is -1.18. The van der Waals surface area contributed by atoms with Crippen molar-refractivity contribution in [1.82, 2.24) is 0 Å². The maximum Gasteiger partial charge on any atom is 0.0748 e. The van der Waals surface area contributed by atoms with Crippen molar-refractivity contribution < 1.29 is 9.90 Å². The van der Waals surface area contributed by atoms with Crippen LogP contribution in [0.2, 0.25) is 0 Å². The summed E-state index contributed by atoms with van der Waals surface area (Å²) < 4.78 is 0. The van der Waals surface area contributed by atoms with E-state index in [-0.39, 0.29) is 5.56 Å². The molecule has 19 heavy (non-hydrogen) atoms. The molecule has 0 saturated heterocycles. The fourth-order valence-electron chi connectivity index (χ4n) is 1.51. The van der Waals surface area contributed by atoms with E-state index in [4.69, 9.17) is 0 Å². The van der Waals surface area contributed by atoms with Crippen molar-refractivity contribution in [2.75, 3.05) is 5.43 Å². The Hall–Kier alpha value is -2.14. The third kappa shape index (κ3) is 3.42. The molecular weight excluding hydrogens is 260 g/mol. The van der Waals surface area contributed by atoms with Crippen LogP contribution in [-0.4, -0.2) is 11.7 Å². The van der Waals surface area contributed by atoms with Gasteiger partial charge < -0.3 is 9.90 Å². The summed E-state index contributed by atoms with van der Waals surface area (Å²) in [5, 5.41) is 14.9. The van der Waals surface area contributed by atoms with Gasteiger partial charge in [-0.05, 0) is 43.7 Å². The van der Waals surface area contributed by atoms with Gasteiger partial charge in [-0.2, -0.15) is 5.10 Å². The van der Waals surface area contributed by atoms with Gasteiger partial charge in [0.05, 0.1) is 22.2 Å². The van der Waals surface area contributed by atoms with Crippen LogP contribution < -0.4 is 10.5 Å². The Morgan fingerprint density at radius 1 is 1.21 bits per heavy atom. The quantitative estimate of drug-likeness (QED) is 0.686. The van der Waals surface area contributed by atoms with Crippen molar-refractivity contribution in [1.29, 1.82) is 0 Å². The van der Waals surface area contributed by atoms with Gasteiger partial charge in [-0.25, -0.2) is 0 Å². The highest BCUT2D eigenvalue weighted by Crippen LogP contribution is 2.16. The number of rotatable bonds is 4. The fourth-order valence-corrected chi connectivity index (χ4v) is 2.33. The van der Waals surface area contributed by atoms with Crippen molar-refractivity contribution in [2.45, 2.75) is 13.8 Å². The lowest BCUT2D eigenvalue weighted by Gasteiger charge is -2.05. The molecule has 2 rings (SSSR count). The average Bonchev–Trinajstić information content (AvgIpc) is 2.83. The van der Waals surface area contributed by atoms with Crippen molar-refractivity contribution >= 4 is 28.7 Å². The highest BCUT2D eigenvalue weighted by molar-refractivity contribution is 7.14. The molecule has 1 N–H and O–H groups in total. The molecule has 0 atom stereocenters. The van der Waals surface area contributed by atoms with Crippen LogP contribution in [0.25, 0.3) is 0 Å². The number of carbonyl (C=O) groups is 1. The molecule has 0 fully saturated rings. The van der Waals surface area contributed by atoms with E-state index in [1.54, 1.807) is 23.5 Å². The number of hydrogen-bond donors (Lipinski definition) is 1. The van der Waals surface area contributed by atoms with E-state index < -0.39 is 5.97 Å². The molecule has 0 spiro atoms. The first-order chi connectivity index (χ1) is 9.06. The van der Waals surface area contributed by atoms with Crippen molar-refractivity contribution in [3.8, 4) is 0 Å². The minimum Gasteiger partial charge on any atom is -0.545 e. The molecule has 98 valence electrons. The van der Waals surface area contributed by atoms with Gasteiger partial charge in [0.1, 0.15) is 0 Å². The van der Waals surface area contributed by atoms with E-state index in [1.807, 2.05) is 26.0 Å². The van der Waals surface area contributed by atoms with Crippen molar-refractivity contribution in [2.24, 2.45) is 5.10 Å². The van der Waals surface area contributed by atoms with Gasteiger partial charge in [-0.1, -0.05) is 12.1 Å². The number of anilines is 1. The summed E-state index contributed by atoms with van der Waals surface area (Å²) >= 11 is 1.68. The monoisotopic (exact) mass is 273 g/mol. The van der Waals surface area contributed by atoms with Crippen LogP contribution in [0.1, 0.15) is 27.0 Å². The van der Waals surface area contributed by atoms with Gasteiger partial charge in [0.25, 0.3) is 0 Å². The average molecular weight is 273 g/mol. The second-order valence-corrected chi connectivity index (χ2v) is 5.37. The van der Waals surface area contributed by atoms with E-state index in [1.165, 1.54) is 17.0 Å². The van der Waals surface area contributed by atoms with E-state index in [2.05, 4.69) is 10.5 Å². The number of hydrazone groups is 1. The molecule has 0 amide bonds. The standard InChI is InChI=1S/C14H14N2O2S/c1-9-3-8-13(19-9)10(2)15-16-12-6-4-11(5-7-12)14(17)18/h3-8,16H,1-2H3,(H,17,18)/p-1/b15-10-. The van der Waals surface area contributed by atoms with Crippen LogP contribution in [0.3, 0.4) is 0 Å². The Bertz CT molecular complexity index is 615. The summed E-state index contributed by atoms with van der Waals surface area (Å²) in [5.41, 5.74) is 4.68. The number of aryl methyl sites for hydroxylation is 1. The lowest BCUT2D eigenvalue weighted by Crippen LogP contribution is -2.21. The predicted octanol–water partition coefficient (Wildman–Crippen LogP) is 2.26. The molecule has 0 aliphatic carbocycles. The summed E-state index contributed by atoms with van der Waals surface area (Å²) in [7, 11) is 0. The van der Waals surface area contributed by atoms with Gasteiger partial charge in [-0.15, -0.1) is 11.3 Å². The zero-order valence-corrected chi connectivity index (χ0v) is 11.5. The molecule has 0 bridgehead atoms. The molecular formula is C14H13N2O2S-. The number of aromatic carboxylic acids is 1. The predicted molar refractivity (Wildman–Crippen MR) is 75.7 cm³/mol. The van der Waals surface area contributed by atoms with E-state index in [0.29, 0.717) is 0 Å². The van der Waals surface area contributed by atoms with Crippen LogP contribution >= 0.6 is 11.3 Å². The molecule has 1 aromatic carbocycles. The fraction of sp³-hybridized carbons (Fsp3) is 0.143. The van der Waals surface area contributed by atoms with Crippen LogP contribution in [-0.2, 0) is 0 Å². The lowest BCUT2D eigenvalue weighted by atomic mass is 10.2. The molecule has 5 heteroatoms. The zero-order valence-electron chi connectivity index (χ0n) is 10.6. The Labute approximate surface area is 115 Å². The van der Waals surface area contributed by atoms with E-state index in [9.17, 15) is 9.90 Å². The summed E-state index contributed by atoms with van der Waals surface area (Å²) in [6.45, 7) is 3.97. The van der Waals surface area contributed by atoms with Gasteiger partial charge in [0.15, 0.2) is 0 Å². The number of benzene rings is 1. The van der Waals surface area contributed by atoms with E-state index in [0.717, 1.165) is 16.3 Å². The first kappa shape index (κ1) is 13.3. The number of hydrogen-bond acceptors (Lipinski definition) is 5. The number of carboxylic acid groups (broad SMARTS) is 1. The Balaban J connectivity index is 2.07. The van der Waals surface area contributed by atoms with Crippen LogP contribution in [0.4, 0.5) is 5.69 Å². The third-order valence-corrected chi connectivity index (χ3v) is 3.68. The topological polar surface area (TPSA) is 64.5 Å². The number of nitrogens with one attached hydrogen (secondary N) is 1. The van der Waals surface area contributed by atoms with E-state index >= 15 is 0 Å². The number of carboxylic acids is 1. The number of nitrogens with zero attached hydrogens (tertiary/aromatic N) is 1. The molecule has 0 saturated carbocycles. The first-order valence-electron chi connectivity index (χ1n) is 5.75.